The highest BCUT2D eigenvalue weighted by atomic mass is 32.2. The maximum atomic E-state index is 11.3. The predicted octanol–water partition coefficient (Wildman–Crippen LogP) is 3.24. The third kappa shape index (κ3) is 2.58. The van der Waals surface area contributed by atoms with E-state index in [-0.39, 0.29) is 5.56 Å². The number of carboxylic acid groups (broad SMARTS) is 1. The Labute approximate surface area is 121 Å². The molecule has 0 aliphatic carbocycles. The van der Waals surface area contributed by atoms with Gasteiger partial charge in [0.2, 0.25) is 0 Å². The highest BCUT2D eigenvalue weighted by Crippen LogP contribution is 2.27. The van der Waals surface area contributed by atoms with E-state index in [1.807, 2.05) is 36.0 Å². The van der Waals surface area contributed by atoms with Gasteiger partial charge in [-0.1, -0.05) is 24.3 Å². The molecule has 0 radical (unpaired) electrons. The van der Waals surface area contributed by atoms with Gasteiger partial charge in [-0.3, -0.25) is 0 Å². The Bertz CT molecular complexity index is 639. The van der Waals surface area contributed by atoms with Gasteiger partial charge >= 0.3 is 5.97 Å². The minimum absolute atomic E-state index is 0.255. The molecular formula is C15H16N2O2S. The third-order valence-corrected chi connectivity index (χ3v) is 4.64. The topological polar surface area (TPSA) is 62.2 Å². The van der Waals surface area contributed by atoms with E-state index in [9.17, 15) is 9.90 Å². The summed E-state index contributed by atoms with van der Waals surface area (Å²) in [5.41, 5.74) is 0.255. The normalized spacial score (nSPS) is 16.2. The maximum Gasteiger partial charge on any atom is 0.337 e. The molecule has 1 saturated heterocycles. The zero-order valence-electron chi connectivity index (χ0n) is 11.0. The van der Waals surface area contributed by atoms with Gasteiger partial charge in [0.25, 0.3) is 0 Å². The van der Waals surface area contributed by atoms with Crippen LogP contribution in [0.25, 0.3) is 10.8 Å². The van der Waals surface area contributed by atoms with Crippen molar-refractivity contribution in [3.8, 4) is 0 Å². The molecule has 2 aromatic rings. The lowest BCUT2D eigenvalue weighted by Crippen LogP contribution is -2.25. The molecular weight excluding hydrogens is 272 g/mol. The van der Waals surface area contributed by atoms with Crippen molar-refractivity contribution in [2.75, 3.05) is 16.8 Å². The summed E-state index contributed by atoms with van der Waals surface area (Å²) in [4.78, 5) is 15.6. The van der Waals surface area contributed by atoms with Crippen molar-refractivity contribution in [3.63, 3.8) is 0 Å². The lowest BCUT2D eigenvalue weighted by Gasteiger charge is -2.23. The number of anilines is 1. The fourth-order valence-corrected chi connectivity index (χ4v) is 3.62. The first-order valence-corrected chi connectivity index (χ1v) is 7.86. The first-order chi connectivity index (χ1) is 9.75. The van der Waals surface area contributed by atoms with Crippen LogP contribution in [0.2, 0.25) is 0 Å². The number of hydrogen-bond acceptors (Lipinski definition) is 4. The van der Waals surface area contributed by atoms with Gasteiger partial charge in [-0.2, -0.15) is 11.8 Å². The number of nitrogens with one attached hydrogen (secondary N) is 1. The molecule has 104 valence electrons. The van der Waals surface area contributed by atoms with Crippen LogP contribution in [0.15, 0.2) is 30.5 Å². The SMILES string of the molecule is O=C(O)c1cnc(NC2CCSCC2)c2ccccc12. The summed E-state index contributed by atoms with van der Waals surface area (Å²) < 4.78 is 0. The van der Waals surface area contributed by atoms with Crippen LogP contribution in [-0.4, -0.2) is 33.6 Å². The van der Waals surface area contributed by atoms with Gasteiger partial charge in [-0.15, -0.1) is 0 Å². The van der Waals surface area contributed by atoms with Crippen LogP contribution in [0.1, 0.15) is 23.2 Å². The van der Waals surface area contributed by atoms with Crippen molar-refractivity contribution >= 4 is 34.3 Å². The summed E-state index contributed by atoms with van der Waals surface area (Å²) in [5.74, 6) is 2.20. The predicted molar refractivity (Wildman–Crippen MR) is 82.7 cm³/mol. The van der Waals surface area contributed by atoms with Crippen LogP contribution in [0.4, 0.5) is 5.82 Å². The molecule has 1 aliphatic heterocycles. The molecule has 2 heterocycles. The minimum Gasteiger partial charge on any atom is -0.478 e. The molecule has 1 aliphatic rings. The quantitative estimate of drug-likeness (QED) is 0.908. The molecule has 5 heteroatoms. The van der Waals surface area contributed by atoms with Gasteiger partial charge in [0, 0.05) is 23.0 Å². The molecule has 4 nitrogen and oxygen atoms in total. The van der Waals surface area contributed by atoms with Crippen molar-refractivity contribution in [1.29, 1.82) is 0 Å². The van der Waals surface area contributed by atoms with E-state index in [4.69, 9.17) is 0 Å². The number of carbonyl (C=O) groups is 1. The van der Waals surface area contributed by atoms with Crippen LogP contribution >= 0.6 is 11.8 Å². The smallest absolute Gasteiger partial charge is 0.337 e. The van der Waals surface area contributed by atoms with E-state index in [0.29, 0.717) is 6.04 Å². The lowest BCUT2D eigenvalue weighted by atomic mass is 10.1. The second kappa shape index (κ2) is 5.71. The number of thioether (sulfide) groups is 1. The number of hydrogen-bond donors (Lipinski definition) is 2. The Kier molecular flexibility index (Phi) is 3.78. The number of rotatable bonds is 3. The van der Waals surface area contributed by atoms with Gasteiger partial charge in [-0.05, 0) is 24.3 Å². The zero-order chi connectivity index (χ0) is 13.9. The van der Waals surface area contributed by atoms with Crippen LogP contribution in [-0.2, 0) is 0 Å². The number of pyridine rings is 1. The van der Waals surface area contributed by atoms with Crippen LogP contribution in [0, 0.1) is 0 Å². The van der Waals surface area contributed by atoms with Crippen LogP contribution < -0.4 is 5.32 Å². The molecule has 0 saturated carbocycles. The lowest BCUT2D eigenvalue weighted by molar-refractivity contribution is 0.0698. The van der Waals surface area contributed by atoms with Gasteiger partial charge in [0.15, 0.2) is 0 Å². The van der Waals surface area contributed by atoms with Crippen molar-refractivity contribution in [3.05, 3.63) is 36.0 Å². The molecule has 0 atom stereocenters. The van der Waals surface area contributed by atoms with Gasteiger partial charge in [-0.25, -0.2) is 9.78 Å². The summed E-state index contributed by atoms with van der Waals surface area (Å²) in [7, 11) is 0. The average molecular weight is 288 g/mol. The van der Waals surface area contributed by atoms with Crippen molar-refractivity contribution < 1.29 is 9.90 Å². The molecule has 0 unspecified atom stereocenters. The molecule has 0 spiro atoms. The molecule has 1 aromatic carbocycles. The fourth-order valence-electron chi connectivity index (χ4n) is 2.51. The third-order valence-electron chi connectivity index (χ3n) is 3.59. The maximum absolute atomic E-state index is 11.3. The largest absolute Gasteiger partial charge is 0.478 e. The monoisotopic (exact) mass is 288 g/mol. The number of carboxylic acids is 1. The van der Waals surface area contributed by atoms with Gasteiger partial charge in [0.1, 0.15) is 5.82 Å². The molecule has 3 rings (SSSR count). The Morgan fingerprint density at radius 3 is 2.65 bits per heavy atom. The first-order valence-electron chi connectivity index (χ1n) is 6.71. The fraction of sp³-hybridized carbons (Fsp3) is 0.333. The first kappa shape index (κ1) is 13.2. The Balaban J connectivity index is 1.99. The number of nitrogens with zero attached hydrogens (tertiary/aromatic N) is 1. The van der Waals surface area contributed by atoms with Gasteiger partial charge < -0.3 is 10.4 Å². The highest BCUT2D eigenvalue weighted by Gasteiger charge is 2.17. The number of aromatic carboxylic acids is 1. The van der Waals surface area contributed by atoms with E-state index in [1.54, 1.807) is 0 Å². The second-order valence-electron chi connectivity index (χ2n) is 4.90. The molecule has 1 aromatic heterocycles. The Morgan fingerprint density at radius 2 is 1.95 bits per heavy atom. The molecule has 1 fully saturated rings. The van der Waals surface area contributed by atoms with Crippen LogP contribution in [0.3, 0.4) is 0 Å². The van der Waals surface area contributed by atoms with E-state index in [2.05, 4.69) is 10.3 Å². The molecule has 0 bridgehead atoms. The van der Waals surface area contributed by atoms with E-state index < -0.39 is 5.97 Å². The van der Waals surface area contributed by atoms with E-state index in [1.165, 1.54) is 17.7 Å². The zero-order valence-corrected chi connectivity index (χ0v) is 11.8. The van der Waals surface area contributed by atoms with Crippen LogP contribution in [0.5, 0.6) is 0 Å². The summed E-state index contributed by atoms with van der Waals surface area (Å²) in [5, 5.41) is 14.3. The Hall–Kier alpha value is -1.75. The number of benzene rings is 1. The number of fused-ring (bicyclic) bond motifs is 1. The van der Waals surface area contributed by atoms with E-state index >= 15 is 0 Å². The second-order valence-corrected chi connectivity index (χ2v) is 6.13. The standard InChI is InChI=1S/C15H16N2O2S/c18-15(19)13-9-16-14(12-4-2-1-3-11(12)13)17-10-5-7-20-8-6-10/h1-4,9-10H,5-8H2,(H,16,17)(H,18,19). The van der Waals surface area contributed by atoms with Crippen molar-refractivity contribution in [1.82, 2.24) is 4.98 Å². The summed E-state index contributed by atoms with van der Waals surface area (Å²) in [6.07, 6.45) is 3.70. The van der Waals surface area contributed by atoms with Gasteiger partial charge in [0.05, 0.1) is 5.56 Å². The molecule has 20 heavy (non-hydrogen) atoms. The summed E-state index contributed by atoms with van der Waals surface area (Å²) in [6.45, 7) is 0. The number of aromatic nitrogens is 1. The average Bonchev–Trinajstić information content (AvgIpc) is 2.48. The highest BCUT2D eigenvalue weighted by molar-refractivity contribution is 7.99. The van der Waals surface area contributed by atoms with E-state index in [0.717, 1.165) is 29.4 Å². The molecule has 2 N–H and O–H groups in total. The minimum atomic E-state index is -0.936. The van der Waals surface area contributed by atoms with Crippen molar-refractivity contribution in [2.45, 2.75) is 18.9 Å². The summed E-state index contributed by atoms with van der Waals surface area (Å²) in [6, 6.07) is 7.97. The van der Waals surface area contributed by atoms with Crippen molar-refractivity contribution in [2.24, 2.45) is 0 Å². The Morgan fingerprint density at radius 1 is 1.25 bits per heavy atom. The molecule has 0 amide bonds. The summed E-state index contributed by atoms with van der Waals surface area (Å²) >= 11 is 1.98.